The predicted octanol–water partition coefficient (Wildman–Crippen LogP) is 3.36. The number of hydrogen-bond donors (Lipinski definition) is 0. The topological polar surface area (TPSA) is 61.6 Å². The Balaban J connectivity index is 1.74. The molecule has 5 nitrogen and oxygen atoms in total. The molecule has 110 valence electrons. The minimum absolute atomic E-state index is 0.0944. The van der Waals surface area contributed by atoms with Crippen LogP contribution in [0, 0.1) is 10.1 Å². The molecule has 0 atom stereocenters. The highest BCUT2D eigenvalue weighted by molar-refractivity contribution is 5.32. The van der Waals surface area contributed by atoms with Crippen LogP contribution in [0.5, 0.6) is 5.75 Å². The van der Waals surface area contributed by atoms with E-state index in [2.05, 4.69) is 0 Å². The third-order valence-electron chi connectivity index (χ3n) is 3.11. The molecule has 2 rings (SSSR count). The number of nitro benzene ring substituents is 1. The molecule has 0 aliphatic rings. The van der Waals surface area contributed by atoms with Crippen LogP contribution in [-0.4, -0.2) is 18.6 Å². The number of hydrogen-bond acceptors (Lipinski definition) is 4. The molecule has 0 saturated heterocycles. The Morgan fingerprint density at radius 2 is 1.62 bits per heavy atom. The predicted molar refractivity (Wildman–Crippen MR) is 79.5 cm³/mol. The van der Waals surface area contributed by atoms with Gasteiger partial charge in [0.25, 0.3) is 5.69 Å². The molecule has 0 aliphatic heterocycles. The Kier molecular flexibility index (Phi) is 5.29. The van der Waals surface area contributed by atoms with Gasteiger partial charge >= 0.3 is 0 Å². The molecule has 2 aromatic rings. The Morgan fingerprint density at radius 1 is 1.00 bits per heavy atom. The summed E-state index contributed by atoms with van der Waals surface area (Å²) in [6.07, 6.45) is 0.816. The van der Waals surface area contributed by atoms with Gasteiger partial charge in [-0.3, -0.25) is 10.1 Å². The van der Waals surface area contributed by atoms with Gasteiger partial charge in [0.2, 0.25) is 0 Å². The average molecular weight is 287 g/mol. The van der Waals surface area contributed by atoms with Crippen LogP contribution in [0.1, 0.15) is 11.1 Å². The lowest BCUT2D eigenvalue weighted by atomic mass is 10.1. The van der Waals surface area contributed by atoms with Gasteiger partial charge in [0, 0.05) is 12.1 Å². The number of ether oxygens (including phenoxy) is 2. The lowest BCUT2D eigenvalue weighted by Crippen LogP contribution is -1.99. The Morgan fingerprint density at radius 3 is 2.19 bits per heavy atom. The molecule has 0 fully saturated rings. The fraction of sp³-hybridized carbons (Fsp3) is 0.250. The van der Waals surface area contributed by atoms with Crippen molar-refractivity contribution in [1.29, 1.82) is 0 Å². The smallest absolute Gasteiger partial charge is 0.269 e. The van der Waals surface area contributed by atoms with Crippen LogP contribution in [0.2, 0.25) is 0 Å². The van der Waals surface area contributed by atoms with Crippen molar-refractivity contribution in [2.45, 2.75) is 13.0 Å². The first-order valence-electron chi connectivity index (χ1n) is 6.63. The summed E-state index contributed by atoms with van der Waals surface area (Å²) in [5, 5.41) is 10.5. The van der Waals surface area contributed by atoms with Crippen molar-refractivity contribution in [2.24, 2.45) is 0 Å². The zero-order chi connectivity index (χ0) is 15.1. The standard InChI is InChI=1S/C16H17NO4/c1-20-16-8-4-13(5-9-16)10-11-21-12-14-2-6-15(7-3-14)17(18)19/h2-9H,10-12H2,1H3. The number of nitro groups is 1. The third-order valence-corrected chi connectivity index (χ3v) is 3.11. The normalized spacial score (nSPS) is 10.3. The molecule has 0 saturated carbocycles. The summed E-state index contributed by atoms with van der Waals surface area (Å²) in [6.45, 7) is 1.05. The molecule has 0 amide bonds. The zero-order valence-corrected chi connectivity index (χ0v) is 11.8. The molecule has 21 heavy (non-hydrogen) atoms. The van der Waals surface area contributed by atoms with Crippen LogP contribution in [0.3, 0.4) is 0 Å². The highest BCUT2D eigenvalue weighted by Gasteiger charge is 2.03. The van der Waals surface area contributed by atoms with Gasteiger partial charge in [0.15, 0.2) is 0 Å². The molecule has 0 aromatic heterocycles. The van der Waals surface area contributed by atoms with Crippen molar-refractivity contribution in [3.05, 3.63) is 69.8 Å². The van der Waals surface area contributed by atoms with Gasteiger partial charge in [-0.25, -0.2) is 0 Å². The molecule has 0 aliphatic carbocycles. The van der Waals surface area contributed by atoms with E-state index >= 15 is 0 Å². The van der Waals surface area contributed by atoms with Crippen molar-refractivity contribution >= 4 is 5.69 Å². The highest BCUT2D eigenvalue weighted by Crippen LogP contribution is 2.14. The van der Waals surface area contributed by atoms with E-state index in [1.807, 2.05) is 24.3 Å². The fourth-order valence-electron chi connectivity index (χ4n) is 1.89. The highest BCUT2D eigenvalue weighted by atomic mass is 16.6. The van der Waals surface area contributed by atoms with Crippen molar-refractivity contribution in [3.8, 4) is 5.75 Å². The third kappa shape index (κ3) is 4.57. The molecule has 5 heteroatoms. The van der Waals surface area contributed by atoms with E-state index in [4.69, 9.17) is 9.47 Å². The van der Waals surface area contributed by atoms with E-state index in [1.165, 1.54) is 17.7 Å². The summed E-state index contributed by atoms with van der Waals surface area (Å²) < 4.78 is 10.7. The van der Waals surface area contributed by atoms with Gasteiger partial charge in [-0.1, -0.05) is 12.1 Å². The second-order valence-corrected chi connectivity index (χ2v) is 4.57. The first-order valence-corrected chi connectivity index (χ1v) is 6.63. The molecular formula is C16H17NO4. The van der Waals surface area contributed by atoms with E-state index in [1.54, 1.807) is 19.2 Å². The van der Waals surface area contributed by atoms with Crippen LogP contribution in [-0.2, 0) is 17.8 Å². The zero-order valence-electron chi connectivity index (χ0n) is 11.8. The summed E-state index contributed by atoms with van der Waals surface area (Å²) in [5.41, 5.74) is 2.20. The van der Waals surface area contributed by atoms with E-state index in [0.29, 0.717) is 13.2 Å². The first kappa shape index (κ1) is 15.0. The monoisotopic (exact) mass is 287 g/mol. The Hall–Kier alpha value is -2.40. The number of benzene rings is 2. The summed E-state index contributed by atoms with van der Waals surface area (Å²) in [4.78, 5) is 10.1. The fourth-order valence-corrected chi connectivity index (χ4v) is 1.89. The SMILES string of the molecule is COc1ccc(CCOCc2ccc([N+](=O)[O-])cc2)cc1. The van der Waals surface area contributed by atoms with Crippen molar-refractivity contribution < 1.29 is 14.4 Å². The van der Waals surface area contributed by atoms with E-state index < -0.39 is 4.92 Å². The lowest BCUT2D eigenvalue weighted by Gasteiger charge is -2.05. The van der Waals surface area contributed by atoms with E-state index in [-0.39, 0.29) is 5.69 Å². The summed E-state index contributed by atoms with van der Waals surface area (Å²) in [6, 6.07) is 14.3. The van der Waals surface area contributed by atoms with Gasteiger partial charge in [-0.15, -0.1) is 0 Å². The van der Waals surface area contributed by atoms with Gasteiger partial charge < -0.3 is 9.47 Å². The van der Waals surface area contributed by atoms with Gasteiger partial charge in [0.1, 0.15) is 5.75 Å². The second-order valence-electron chi connectivity index (χ2n) is 4.57. The van der Waals surface area contributed by atoms with Crippen LogP contribution in [0.15, 0.2) is 48.5 Å². The van der Waals surface area contributed by atoms with Crippen molar-refractivity contribution in [2.75, 3.05) is 13.7 Å². The summed E-state index contributed by atoms with van der Waals surface area (Å²) in [5.74, 6) is 0.838. The maximum absolute atomic E-state index is 10.5. The number of methoxy groups -OCH3 is 1. The molecule has 0 radical (unpaired) electrons. The van der Waals surface area contributed by atoms with E-state index in [9.17, 15) is 10.1 Å². The van der Waals surface area contributed by atoms with Crippen LogP contribution >= 0.6 is 0 Å². The number of rotatable bonds is 7. The number of non-ortho nitro benzene ring substituents is 1. The molecule has 0 heterocycles. The van der Waals surface area contributed by atoms with Gasteiger partial charge in [-0.2, -0.15) is 0 Å². The first-order chi connectivity index (χ1) is 10.2. The maximum atomic E-state index is 10.5. The molecule has 0 bridgehead atoms. The minimum atomic E-state index is -0.408. The van der Waals surface area contributed by atoms with Crippen molar-refractivity contribution in [1.82, 2.24) is 0 Å². The maximum Gasteiger partial charge on any atom is 0.269 e. The average Bonchev–Trinajstić information content (AvgIpc) is 2.52. The largest absolute Gasteiger partial charge is 0.497 e. The Labute approximate surface area is 123 Å². The van der Waals surface area contributed by atoms with Crippen LogP contribution in [0.25, 0.3) is 0 Å². The molecule has 2 aromatic carbocycles. The minimum Gasteiger partial charge on any atom is -0.497 e. The Bertz CT molecular complexity index is 578. The molecule has 0 N–H and O–H groups in total. The number of nitrogens with zero attached hydrogens (tertiary/aromatic N) is 1. The second kappa shape index (κ2) is 7.40. The molecule has 0 spiro atoms. The van der Waals surface area contributed by atoms with Crippen molar-refractivity contribution in [3.63, 3.8) is 0 Å². The quantitative estimate of drug-likeness (QED) is 0.445. The molecule has 0 unspecified atom stereocenters. The van der Waals surface area contributed by atoms with Gasteiger partial charge in [0.05, 0.1) is 25.2 Å². The van der Waals surface area contributed by atoms with E-state index in [0.717, 1.165) is 17.7 Å². The lowest BCUT2D eigenvalue weighted by molar-refractivity contribution is -0.384. The molecular weight excluding hydrogens is 270 g/mol. The van der Waals surface area contributed by atoms with Crippen LogP contribution in [0.4, 0.5) is 5.69 Å². The van der Waals surface area contributed by atoms with Gasteiger partial charge in [-0.05, 0) is 41.8 Å². The summed E-state index contributed by atoms with van der Waals surface area (Å²) >= 11 is 0. The summed E-state index contributed by atoms with van der Waals surface area (Å²) in [7, 11) is 1.64. The van der Waals surface area contributed by atoms with Crippen LogP contribution < -0.4 is 4.74 Å².